The molecule has 0 bridgehead atoms. The third kappa shape index (κ3) is 6.26. The number of nitrogens with one attached hydrogen (secondary N) is 1. The van der Waals surface area contributed by atoms with E-state index in [9.17, 15) is 0 Å². The molecule has 1 N–H and O–H groups in total. The number of benzene rings is 1. The lowest BCUT2D eigenvalue weighted by molar-refractivity contribution is 0.522. The standard InChI is InChI=1S/C15H24BrNS/c1-4-18-9-8-14(11-17-12(2)3)13-6-5-7-15(16)10-13/h5-7,10,12,14,17H,4,8-9,11H2,1-3H3. The number of hydrogen-bond acceptors (Lipinski definition) is 2. The van der Waals surface area contributed by atoms with Crippen LogP contribution in [0.5, 0.6) is 0 Å². The van der Waals surface area contributed by atoms with Crippen molar-refractivity contribution in [3.8, 4) is 0 Å². The highest BCUT2D eigenvalue weighted by molar-refractivity contribution is 9.10. The van der Waals surface area contributed by atoms with E-state index < -0.39 is 0 Å². The average Bonchev–Trinajstić information content (AvgIpc) is 2.33. The summed E-state index contributed by atoms with van der Waals surface area (Å²) < 4.78 is 1.18. The summed E-state index contributed by atoms with van der Waals surface area (Å²) in [5.74, 6) is 3.07. The molecule has 0 aliphatic heterocycles. The number of hydrogen-bond donors (Lipinski definition) is 1. The van der Waals surface area contributed by atoms with E-state index in [1.807, 2.05) is 11.8 Å². The van der Waals surface area contributed by atoms with E-state index in [1.54, 1.807) is 0 Å². The van der Waals surface area contributed by atoms with Gasteiger partial charge in [-0.3, -0.25) is 0 Å². The van der Waals surface area contributed by atoms with Gasteiger partial charge in [0.1, 0.15) is 0 Å². The molecule has 3 heteroatoms. The Labute approximate surface area is 124 Å². The minimum atomic E-state index is 0.554. The fourth-order valence-electron chi connectivity index (χ4n) is 1.89. The van der Waals surface area contributed by atoms with Crippen molar-refractivity contribution in [3.05, 3.63) is 34.3 Å². The zero-order valence-corrected chi connectivity index (χ0v) is 14.0. The van der Waals surface area contributed by atoms with Crippen LogP contribution in [0, 0.1) is 0 Å². The molecule has 1 aromatic carbocycles. The van der Waals surface area contributed by atoms with Gasteiger partial charge in [-0.15, -0.1) is 0 Å². The Morgan fingerprint density at radius 2 is 2.11 bits per heavy atom. The maximum Gasteiger partial charge on any atom is 0.0178 e. The highest BCUT2D eigenvalue weighted by atomic mass is 79.9. The molecule has 1 unspecified atom stereocenters. The molecule has 0 saturated carbocycles. The first kappa shape index (κ1) is 16.1. The molecule has 0 heterocycles. The monoisotopic (exact) mass is 329 g/mol. The van der Waals surface area contributed by atoms with Crippen LogP contribution in [0.25, 0.3) is 0 Å². The molecule has 1 rings (SSSR count). The lowest BCUT2D eigenvalue weighted by Crippen LogP contribution is -2.28. The first-order valence-electron chi connectivity index (χ1n) is 6.70. The van der Waals surface area contributed by atoms with Crippen molar-refractivity contribution in [1.82, 2.24) is 5.32 Å². The molecule has 102 valence electrons. The van der Waals surface area contributed by atoms with Gasteiger partial charge < -0.3 is 5.32 Å². The second-order valence-electron chi connectivity index (χ2n) is 4.80. The van der Waals surface area contributed by atoms with Crippen molar-refractivity contribution in [2.24, 2.45) is 0 Å². The molecule has 1 aromatic rings. The van der Waals surface area contributed by atoms with E-state index in [0.29, 0.717) is 12.0 Å². The maximum atomic E-state index is 3.57. The van der Waals surface area contributed by atoms with Crippen molar-refractivity contribution in [2.75, 3.05) is 18.1 Å². The molecule has 0 aliphatic rings. The minimum Gasteiger partial charge on any atom is -0.314 e. The van der Waals surface area contributed by atoms with Crippen LogP contribution in [0.3, 0.4) is 0 Å². The first-order chi connectivity index (χ1) is 8.63. The SMILES string of the molecule is CCSCCC(CNC(C)C)c1cccc(Br)c1. The number of halogens is 1. The lowest BCUT2D eigenvalue weighted by atomic mass is 9.96. The fourth-order valence-corrected chi connectivity index (χ4v) is 3.05. The summed E-state index contributed by atoms with van der Waals surface area (Å²) in [4.78, 5) is 0. The highest BCUT2D eigenvalue weighted by Gasteiger charge is 2.12. The topological polar surface area (TPSA) is 12.0 Å². The van der Waals surface area contributed by atoms with Crippen LogP contribution in [0.2, 0.25) is 0 Å². The molecular formula is C15H24BrNS. The van der Waals surface area contributed by atoms with Crippen molar-refractivity contribution in [3.63, 3.8) is 0 Å². The summed E-state index contributed by atoms with van der Waals surface area (Å²) in [6.45, 7) is 7.71. The largest absolute Gasteiger partial charge is 0.314 e. The fraction of sp³-hybridized carbons (Fsp3) is 0.600. The Hall–Kier alpha value is 0.01000. The van der Waals surface area contributed by atoms with Crippen molar-refractivity contribution in [2.45, 2.75) is 39.2 Å². The van der Waals surface area contributed by atoms with Crippen molar-refractivity contribution >= 4 is 27.7 Å². The Bertz CT molecular complexity index is 341. The van der Waals surface area contributed by atoms with Crippen LogP contribution in [0.1, 0.15) is 38.7 Å². The molecule has 0 amide bonds. The van der Waals surface area contributed by atoms with Gasteiger partial charge in [0.05, 0.1) is 0 Å². The van der Waals surface area contributed by atoms with Gasteiger partial charge in [0.2, 0.25) is 0 Å². The smallest absolute Gasteiger partial charge is 0.0178 e. The highest BCUT2D eigenvalue weighted by Crippen LogP contribution is 2.24. The van der Waals surface area contributed by atoms with Gasteiger partial charge in [0.15, 0.2) is 0 Å². The second kappa shape index (κ2) is 9.00. The number of thioether (sulfide) groups is 1. The molecule has 0 fully saturated rings. The Morgan fingerprint density at radius 3 is 2.72 bits per heavy atom. The van der Waals surface area contributed by atoms with Crippen LogP contribution in [-0.4, -0.2) is 24.1 Å². The predicted octanol–water partition coefficient (Wildman–Crippen LogP) is 4.67. The van der Waals surface area contributed by atoms with Crippen molar-refractivity contribution in [1.29, 1.82) is 0 Å². The van der Waals surface area contributed by atoms with E-state index >= 15 is 0 Å². The lowest BCUT2D eigenvalue weighted by Gasteiger charge is -2.20. The van der Waals surface area contributed by atoms with Gasteiger partial charge in [-0.1, -0.05) is 48.8 Å². The third-order valence-electron chi connectivity index (χ3n) is 2.91. The molecule has 18 heavy (non-hydrogen) atoms. The zero-order valence-electron chi connectivity index (χ0n) is 11.6. The van der Waals surface area contributed by atoms with Gasteiger partial charge in [-0.25, -0.2) is 0 Å². The quantitative estimate of drug-likeness (QED) is 0.695. The Balaban J connectivity index is 2.63. The Kier molecular flexibility index (Phi) is 8.03. The summed E-state index contributed by atoms with van der Waals surface area (Å²) in [6, 6.07) is 9.28. The number of rotatable bonds is 8. The second-order valence-corrected chi connectivity index (χ2v) is 7.11. The van der Waals surface area contributed by atoms with Gasteiger partial charge in [-0.2, -0.15) is 11.8 Å². The molecule has 0 radical (unpaired) electrons. The molecule has 1 atom stereocenters. The molecule has 0 aromatic heterocycles. The zero-order chi connectivity index (χ0) is 13.4. The summed E-state index contributed by atoms with van der Waals surface area (Å²) in [6.07, 6.45) is 1.24. The van der Waals surface area contributed by atoms with Gasteiger partial charge in [-0.05, 0) is 41.5 Å². The third-order valence-corrected chi connectivity index (χ3v) is 4.33. The predicted molar refractivity (Wildman–Crippen MR) is 87.6 cm³/mol. The van der Waals surface area contributed by atoms with Crippen LogP contribution in [0.15, 0.2) is 28.7 Å². The van der Waals surface area contributed by atoms with E-state index in [4.69, 9.17) is 0 Å². The average molecular weight is 330 g/mol. The van der Waals surface area contributed by atoms with Crippen molar-refractivity contribution < 1.29 is 0 Å². The van der Waals surface area contributed by atoms with Crippen LogP contribution in [-0.2, 0) is 0 Å². The van der Waals surface area contributed by atoms with Crippen LogP contribution < -0.4 is 5.32 Å². The summed E-state index contributed by atoms with van der Waals surface area (Å²) >= 11 is 5.60. The normalized spacial score (nSPS) is 12.9. The van der Waals surface area contributed by atoms with E-state index in [1.165, 1.54) is 28.0 Å². The van der Waals surface area contributed by atoms with Gasteiger partial charge in [0.25, 0.3) is 0 Å². The van der Waals surface area contributed by atoms with Crippen LogP contribution in [0.4, 0.5) is 0 Å². The van der Waals surface area contributed by atoms with Crippen LogP contribution >= 0.6 is 27.7 Å². The van der Waals surface area contributed by atoms with E-state index in [2.05, 4.69) is 66.3 Å². The molecule has 0 spiro atoms. The molecule has 0 saturated heterocycles. The Morgan fingerprint density at radius 1 is 1.33 bits per heavy atom. The minimum absolute atomic E-state index is 0.554. The maximum absolute atomic E-state index is 3.57. The summed E-state index contributed by atoms with van der Waals surface area (Å²) in [5, 5.41) is 3.57. The van der Waals surface area contributed by atoms with E-state index in [0.717, 1.165) is 6.54 Å². The van der Waals surface area contributed by atoms with E-state index in [-0.39, 0.29) is 0 Å². The molecular weight excluding hydrogens is 306 g/mol. The summed E-state index contributed by atoms with van der Waals surface area (Å²) in [7, 11) is 0. The summed E-state index contributed by atoms with van der Waals surface area (Å²) in [5.41, 5.74) is 1.44. The molecule has 0 aliphatic carbocycles. The van der Waals surface area contributed by atoms with Gasteiger partial charge in [0, 0.05) is 17.1 Å². The molecule has 1 nitrogen and oxygen atoms in total. The first-order valence-corrected chi connectivity index (χ1v) is 8.64. The van der Waals surface area contributed by atoms with Gasteiger partial charge >= 0.3 is 0 Å².